The van der Waals surface area contributed by atoms with Gasteiger partial charge in [-0.2, -0.15) is 4.99 Å². The average Bonchev–Trinajstić information content (AvgIpc) is 2.49. The van der Waals surface area contributed by atoms with Crippen LogP contribution in [0.4, 0.5) is 0 Å². The first-order valence-electron chi connectivity index (χ1n) is 7.15. The second kappa shape index (κ2) is 9.86. The van der Waals surface area contributed by atoms with Crippen molar-refractivity contribution in [2.75, 3.05) is 0 Å². The first kappa shape index (κ1) is 17.1. The minimum atomic E-state index is -1.11. The first-order valence-corrected chi connectivity index (χ1v) is 7.15. The number of benzene rings is 1. The van der Waals surface area contributed by atoms with Gasteiger partial charge in [0.15, 0.2) is 6.04 Å². The summed E-state index contributed by atoms with van der Waals surface area (Å²) < 4.78 is 0. The molecule has 0 unspecified atom stereocenters. The largest absolute Gasteiger partial charge is 0.480 e. The van der Waals surface area contributed by atoms with Crippen molar-refractivity contribution in [2.24, 2.45) is 4.99 Å². The Kier molecular flexibility index (Phi) is 8.02. The van der Waals surface area contributed by atoms with Crippen molar-refractivity contribution >= 4 is 12.0 Å². The van der Waals surface area contributed by atoms with Gasteiger partial charge >= 0.3 is 5.97 Å². The number of nitrogens with zero attached hydrogens (tertiary/aromatic N) is 1. The number of carboxylic acid groups (broad SMARTS) is 1. The third kappa shape index (κ3) is 7.40. The van der Waals surface area contributed by atoms with Gasteiger partial charge in [-0.05, 0) is 18.4 Å². The van der Waals surface area contributed by atoms with E-state index in [4.69, 9.17) is 10.2 Å². The number of isocyanates is 1. The van der Waals surface area contributed by atoms with Crippen LogP contribution in [0.25, 0.3) is 0 Å². The lowest BCUT2D eigenvalue weighted by atomic mass is 9.98. The highest BCUT2D eigenvalue weighted by Crippen LogP contribution is 2.16. The van der Waals surface area contributed by atoms with Crippen LogP contribution in [0.15, 0.2) is 35.3 Å². The van der Waals surface area contributed by atoms with Crippen LogP contribution < -0.4 is 0 Å². The predicted molar refractivity (Wildman–Crippen MR) is 78.8 cm³/mol. The van der Waals surface area contributed by atoms with Crippen molar-refractivity contribution in [2.45, 2.75) is 50.7 Å². The Balaban J connectivity index is 0.000000262. The van der Waals surface area contributed by atoms with E-state index in [9.17, 15) is 9.59 Å². The van der Waals surface area contributed by atoms with E-state index < -0.39 is 12.0 Å². The number of carboxylic acids is 1. The van der Waals surface area contributed by atoms with Crippen molar-refractivity contribution in [3.63, 3.8) is 0 Å². The fourth-order valence-electron chi connectivity index (χ4n) is 2.17. The third-order valence-electron chi connectivity index (χ3n) is 3.34. The molecule has 0 heterocycles. The zero-order valence-corrected chi connectivity index (χ0v) is 11.9. The Bertz CT molecular complexity index is 460. The molecule has 0 amide bonds. The molecule has 0 spiro atoms. The Morgan fingerprint density at radius 1 is 1.24 bits per heavy atom. The number of aliphatic hydroxyl groups excluding tert-OH is 1. The van der Waals surface area contributed by atoms with Crippen LogP contribution in [0.3, 0.4) is 0 Å². The van der Waals surface area contributed by atoms with E-state index in [0.717, 1.165) is 18.4 Å². The summed E-state index contributed by atoms with van der Waals surface area (Å²) in [7, 11) is 0. The lowest BCUT2D eigenvalue weighted by Crippen LogP contribution is -2.20. The van der Waals surface area contributed by atoms with Crippen molar-refractivity contribution < 1.29 is 19.8 Å². The highest BCUT2D eigenvalue weighted by molar-refractivity contribution is 5.75. The summed E-state index contributed by atoms with van der Waals surface area (Å²) in [5.74, 6) is -1.11. The van der Waals surface area contributed by atoms with E-state index in [1.54, 1.807) is 24.3 Å². The molecule has 1 saturated carbocycles. The van der Waals surface area contributed by atoms with Crippen LogP contribution in [-0.4, -0.2) is 34.4 Å². The predicted octanol–water partition coefficient (Wildman–Crippen LogP) is 2.33. The van der Waals surface area contributed by atoms with Gasteiger partial charge in [0.25, 0.3) is 0 Å². The summed E-state index contributed by atoms with van der Waals surface area (Å²) in [6.45, 7) is 0. The third-order valence-corrected chi connectivity index (χ3v) is 3.34. The van der Waals surface area contributed by atoms with Gasteiger partial charge in [0.2, 0.25) is 6.08 Å². The van der Waals surface area contributed by atoms with Gasteiger partial charge in [-0.1, -0.05) is 49.6 Å². The molecule has 1 aliphatic rings. The van der Waals surface area contributed by atoms with Gasteiger partial charge < -0.3 is 10.2 Å². The molecule has 0 aliphatic heterocycles. The Labute approximate surface area is 124 Å². The minimum absolute atomic E-state index is 0.0359. The topological polar surface area (TPSA) is 87.0 Å². The number of aliphatic imine (C=N–C) groups is 1. The molecule has 1 aromatic rings. The zero-order valence-electron chi connectivity index (χ0n) is 11.9. The lowest BCUT2D eigenvalue weighted by molar-refractivity contribution is -0.138. The molecular weight excluding hydrogens is 270 g/mol. The molecule has 114 valence electrons. The quantitative estimate of drug-likeness (QED) is 0.658. The highest BCUT2D eigenvalue weighted by atomic mass is 16.4. The summed E-state index contributed by atoms with van der Waals surface area (Å²) in [4.78, 5) is 23.8. The van der Waals surface area contributed by atoms with Crippen molar-refractivity contribution in [3.05, 3.63) is 35.9 Å². The van der Waals surface area contributed by atoms with Crippen LogP contribution in [0.2, 0.25) is 0 Å². The Morgan fingerprint density at radius 3 is 2.29 bits per heavy atom. The van der Waals surface area contributed by atoms with Gasteiger partial charge in [-0.25, -0.2) is 9.59 Å². The van der Waals surface area contributed by atoms with E-state index in [1.165, 1.54) is 25.3 Å². The van der Waals surface area contributed by atoms with Crippen LogP contribution in [0, 0.1) is 0 Å². The maximum Gasteiger partial charge on any atom is 0.329 e. The van der Waals surface area contributed by atoms with E-state index in [1.807, 2.05) is 6.07 Å². The SMILES string of the molecule is O=C=N[C@@H](Cc1ccccc1)C(=O)O.OC1CCCCC1. The maximum absolute atomic E-state index is 10.6. The number of aliphatic hydroxyl groups is 1. The molecule has 5 heteroatoms. The summed E-state index contributed by atoms with van der Waals surface area (Å²) in [5.41, 5.74) is 0.832. The summed E-state index contributed by atoms with van der Waals surface area (Å²) in [5, 5.41) is 17.6. The van der Waals surface area contributed by atoms with Crippen molar-refractivity contribution in [1.29, 1.82) is 0 Å². The molecule has 2 rings (SSSR count). The molecule has 21 heavy (non-hydrogen) atoms. The van der Waals surface area contributed by atoms with Gasteiger partial charge in [0.1, 0.15) is 0 Å². The number of carbonyl (C=O) groups excluding carboxylic acids is 1. The average molecular weight is 291 g/mol. The van der Waals surface area contributed by atoms with E-state index >= 15 is 0 Å². The fourth-order valence-corrected chi connectivity index (χ4v) is 2.17. The van der Waals surface area contributed by atoms with E-state index in [2.05, 4.69) is 4.99 Å². The van der Waals surface area contributed by atoms with Crippen molar-refractivity contribution in [1.82, 2.24) is 0 Å². The summed E-state index contributed by atoms with van der Waals surface area (Å²) in [6.07, 6.45) is 7.40. The standard InChI is InChI=1S/C10H9NO3.C6H12O/c12-7-11-9(10(13)14)6-8-4-2-1-3-5-8;7-6-4-2-1-3-5-6/h1-5,9H,6H2,(H,13,14);6-7H,1-5H2/t9-;/m0./s1. The normalized spacial score (nSPS) is 16.0. The monoisotopic (exact) mass is 291 g/mol. The highest BCUT2D eigenvalue weighted by Gasteiger charge is 2.16. The second-order valence-electron chi connectivity index (χ2n) is 5.06. The minimum Gasteiger partial charge on any atom is -0.480 e. The molecule has 1 atom stereocenters. The summed E-state index contributed by atoms with van der Waals surface area (Å²) >= 11 is 0. The van der Waals surface area contributed by atoms with Gasteiger partial charge in [0, 0.05) is 6.42 Å². The maximum atomic E-state index is 10.6. The molecule has 0 aromatic heterocycles. The van der Waals surface area contributed by atoms with Gasteiger partial charge in [0.05, 0.1) is 6.10 Å². The van der Waals surface area contributed by atoms with Crippen LogP contribution in [0.5, 0.6) is 0 Å². The van der Waals surface area contributed by atoms with Crippen LogP contribution >= 0.6 is 0 Å². The van der Waals surface area contributed by atoms with Crippen LogP contribution in [-0.2, 0) is 16.0 Å². The number of hydrogen-bond acceptors (Lipinski definition) is 4. The Morgan fingerprint density at radius 2 is 1.86 bits per heavy atom. The van der Waals surface area contributed by atoms with Gasteiger partial charge in [-0.15, -0.1) is 0 Å². The lowest BCUT2D eigenvalue weighted by Gasteiger charge is -2.14. The zero-order chi connectivity index (χ0) is 15.5. The van der Waals surface area contributed by atoms with Gasteiger partial charge in [-0.3, -0.25) is 0 Å². The summed E-state index contributed by atoms with van der Waals surface area (Å²) in [6, 6.07) is 7.99. The smallest absolute Gasteiger partial charge is 0.329 e. The van der Waals surface area contributed by atoms with Crippen molar-refractivity contribution in [3.8, 4) is 0 Å². The van der Waals surface area contributed by atoms with E-state index in [-0.39, 0.29) is 12.5 Å². The molecule has 1 aromatic carbocycles. The molecule has 1 fully saturated rings. The number of carbonyl (C=O) groups is 1. The Hall–Kier alpha value is -1.97. The molecule has 0 saturated heterocycles. The second-order valence-corrected chi connectivity index (χ2v) is 5.06. The molecule has 1 aliphatic carbocycles. The fraction of sp³-hybridized carbons (Fsp3) is 0.500. The number of rotatable bonds is 4. The molecule has 0 bridgehead atoms. The van der Waals surface area contributed by atoms with E-state index in [0.29, 0.717) is 0 Å². The number of hydrogen-bond donors (Lipinski definition) is 2. The molecular formula is C16H21NO4. The molecule has 0 radical (unpaired) electrons. The first-order chi connectivity index (χ1) is 10.1. The molecule has 5 nitrogen and oxygen atoms in total. The number of aliphatic carboxylic acids is 1. The van der Waals surface area contributed by atoms with Crippen LogP contribution in [0.1, 0.15) is 37.7 Å². The molecule has 2 N–H and O–H groups in total.